The second-order valence-corrected chi connectivity index (χ2v) is 6.30. The molecule has 0 bridgehead atoms. The number of hydrogen-bond donors (Lipinski definition) is 1. The molecule has 2 nitrogen and oxygen atoms in total. The normalized spacial score (nSPS) is 10.5. The van der Waals surface area contributed by atoms with Crippen LogP contribution >= 0.6 is 34.5 Å². The molecule has 0 spiro atoms. The highest BCUT2D eigenvalue weighted by Crippen LogP contribution is 2.22. The minimum Gasteiger partial charge on any atom is -0.352 e. The molecule has 0 atom stereocenters. The fourth-order valence-corrected chi connectivity index (χ4v) is 2.89. The Morgan fingerprint density at radius 2 is 2.05 bits per heavy atom. The molecule has 20 heavy (non-hydrogen) atoms. The number of benzene rings is 1. The molecule has 1 N–H and O–H groups in total. The summed E-state index contributed by atoms with van der Waals surface area (Å²) in [6.45, 7) is 0.481. The molecule has 0 fully saturated rings. The molecule has 1 amide bonds. The third-order valence-corrected chi connectivity index (χ3v) is 4.56. The predicted molar refractivity (Wildman–Crippen MR) is 85.6 cm³/mol. The van der Waals surface area contributed by atoms with Crippen LogP contribution in [0.1, 0.15) is 23.3 Å². The molecule has 5 heteroatoms. The first kappa shape index (κ1) is 15.4. The molecule has 0 saturated carbocycles. The Morgan fingerprint density at radius 1 is 1.20 bits per heavy atom. The van der Waals surface area contributed by atoms with E-state index in [9.17, 15) is 4.79 Å². The van der Waals surface area contributed by atoms with E-state index in [1.807, 2.05) is 12.1 Å². The fraction of sp³-hybridized carbons (Fsp3) is 0.267. The zero-order valence-electron chi connectivity index (χ0n) is 10.9. The van der Waals surface area contributed by atoms with Crippen LogP contribution in [0, 0.1) is 0 Å². The maximum Gasteiger partial charge on any atom is 0.220 e. The fourth-order valence-electron chi connectivity index (χ4n) is 1.82. The predicted octanol–water partition coefficient (Wildman–Crippen LogP) is 4.69. The number of halogens is 2. The molecule has 106 valence electrons. The Bertz CT molecular complexity index is 569. The van der Waals surface area contributed by atoms with E-state index in [0.29, 0.717) is 23.0 Å². The number of nitrogens with one attached hydrogen (secondary N) is 1. The highest BCUT2D eigenvalue weighted by molar-refractivity contribution is 7.09. The number of thiophene rings is 1. The minimum atomic E-state index is 0.0626. The lowest BCUT2D eigenvalue weighted by atomic mass is 10.2. The van der Waals surface area contributed by atoms with Gasteiger partial charge in [0, 0.05) is 17.8 Å². The van der Waals surface area contributed by atoms with Crippen LogP contribution < -0.4 is 5.32 Å². The maximum absolute atomic E-state index is 11.7. The molecule has 1 heterocycles. The Labute approximate surface area is 132 Å². The van der Waals surface area contributed by atoms with Gasteiger partial charge in [0.15, 0.2) is 0 Å². The summed E-state index contributed by atoms with van der Waals surface area (Å²) in [6.07, 6.45) is 2.37. The first-order valence-electron chi connectivity index (χ1n) is 6.38. The van der Waals surface area contributed by atoms with E-state index in [4.69, 9.17) is 23.2 Å². The van der Waals surface area contributed by atoms with Crippen molar-refractivity contribution in [3.05, 3.63) is 56.2 Å². The molecule has 2 rings (SSSR count). The minimum absolute atomic E-state index is 0.0626. The second-order valence-electron chi connectivity index (χ2n) is 4.46. The van der Waals surface area contributed by atoms with Crippen LogP contribution in [0.15, 0.2) is 35.7 Å². The van der Waals surface area contributed by atoms with Crippen molar-refractivity contribution in [3.63, 3.8) is 0 Å². The summed E-state index contributed by atoms with van der Waals surface area (Å²) < 4.78 is 0. The average molecular weight is 328 g/mol. The standard InChI is InChI=1S/C15H15Cl2NOS/c16-13-7-6-11(9-14(13)17)10-18-15(19)5-1-3-12-4-2-8-20-12/h2,4,6-9H,1,3,5,10H2,(H,18,19). The van der Waals surface area contributed by atoms with Gasteiger partial charge in [0.25, 0.3) is 0 Å². The topological polar surface area (TPSA) is 29.1 Å². The van der Waals surface area contributed by atoms with Crippen molar-refractivity contribution in [2.24, 2.45) is 0 Å². The first-order valence-corrected chi connectivity index (χ1v) is 8.02. The van der Waals surface area contributed by atoms with Crippen LogP contribution in [-0.2, 0) is 17.8 Å². The van der Waals surface area contributed by atoms with E-state index in [-0.39, 0.29) is 5.91 Å². The van der Waals surface area contributed by atoms with E-state index < -0.39 is 0 Å². The van der Waals surface area contributed by atoms with Gasteiger partial charge in [-0.2, -0.15) is 0 Å². The molecule has 0 unspecified atom stereocenters. The van der Waals surface area contributed by atoms with Crippen molar-refractivity contribution in [2.75, 3.05) is 0 Å². The number of carbonyl (C=O) groups excluding carboxylic acids is 1. The van der Waals surface area contributed by atoms with Crippen molar-refractivity contribution in [3.8, 4) is 0 Å². The summed E-state index contributed by atoms with van der Waals surface area (Å²) in [4.78, 5) is 13.1. The lowest BCUT2D eigenvalue weighted by Crippen LogP contribution is -2.22. The molecule has 0 radical (unpaired) electrons. The van der Waals surface area contributed by atoms with Gasteiger partial charge in [-0.25, -0.2) is 0 Å². The summed E-state index contributed by atoms with van der Waals surface area (Å²) in [5.74, 6) is 0.0626. The van der Waals surface area contributed by atoms with Gasteiger partial charge in [0.2, 0.25) is 5.91 Å². The third kappa shape index (κ3) is 4.82. The highest BCUT2D eigenvalue weighted by atomic mass is 35.5. The summed E-state index contributed by atoms with van der Waals surface area (Å²) in [5, 5.41) is 5.98. The van der Waals surface area contributed by atoms with E-state index in [1.165, 1.54) is 4.88 Å². The van der Waals surface area contributed by atoms with Crippen molar-refractivity contribution in [2.45, 2.75) is 25.8 Å². The Balaban J connectivity index is 1.70. The van der Waals surface area contributed by atoms with Gasteiger partial charge >= 0.3 is 0 Å². The van der Waals surface area contributed by atoms with Crippen LogP contribution in [0.2, 0.25) is 10.0 Å². The summed E-state index contributed by atoms with van der Waals surface area (Å²) in [7, 11) is 0. The second kappa shape index (κ2) is 7.67. The zero-order chi connectivity index (χ0) is 14.4. The van der Waals surface area contributed by atoms with Crippen LogP contribution in [0.5, 0.6) is 0 Å². The van der Waals surface area contributed by atoms with Crippen LogP contribution in [0.4, 0.5) is 0 Å². The monoisotopic (exact) mass is 327 g/mol. The van der Waals surface area contributed by atoms with Gasteiger partial charge in [-0.3, -0.25) is 4.79 Å². The van der Waals surface area contributed by atoms with Gasteiger partial charge < -0.3 is 5.32 Å². The van der Waals surface area contributed by atoms with Crippen molar-refractivity contribution in [1.29, 1.82) is 0 Å². The average Bonchev–Trinajstić information content (AvgIpc) is 2.93. The summed E-state index contributed by atoms with van der Waals surface area (Å²) in [6, 6.07) is 9.50. The van der Waals surface area contributed by atoms with Gasteiger partial charge in [0.1, 0.15) is 0 Å². The Kier molecular flexibility index (Phi) is 5.89. The van der Waals surface area contributed by atoms with E-state index in [0.717, 1.165) is 18.4 Å². The van der Waals surface area contributed by atoms with Gasteiger partial charge in [-0.15, -0.1) is 11.3 Å². The van der Waals surface area contributed by atoms with E-state index in [2.05, 4.69) is 16.8 Å². The Hall–Kier alpha value is -1.03. The van der Waals surface area contributed by atoms with Crippen LogP contribution in [0.25, 0.3) is 0 Å². The first-order chi connectivity index (χ1) is 9.65. The largest absolute Gasteiger partial charge is 0.352 e. The molecule has 0 aliphatic heterocycles. The smallest absolute Gasteiger partial charge is 0.220 e. The SMILES string of the molecule is O=C(CCCc1cccs1)NCc1ccc(Cl)c(Cl)c1. The van der Waals surface area contributed by atoms with Gasteiger partial charge in [0.05, 0.1) is 10.0 Å². The highest BCUT2D eigenvalue weighted by Gasteiger charge is 2.04. The summed E-state index contributed by atoms with van der Waals surface area (Å²) >= 11 is 13.5. The molecule has 0 saturated heterocycles. The van der Waals surface area contributed by atoms with E-state index in [1.54, 1.807) is 23.5 Å². The van der Waals surface area contributed by atoms with Crippen molar-refractivity contribution >= 4 is 40.4 Å². The molecule has 2 aromatic rings. The molecule has 0 aliphatic rings. The molecular formula is C15H15Cl2NOS. The van der Waals surface area contributed by atoms with Crippen molar-refractivity contribution < 1.29 is 4.79 Å². The number of hydrogen-bond acceptors (Lipinski definition) is 2. The number of amides is 1. The number of rotatable bonds is 6. The Morgan fingerprint density at radius 3 is 2.75 bits per heavy atom. The quantitative estimate of drug-likeness (QED) is 0.818. The maximum atomic E-state index is 11.7. The third-order valence-electron chi connectivity index (χ3n) is 2.88. The molecule has 0 aliphatic carbocycles. The van der Waals surface area contributed by atoms with E-state index >= 15 is 0 Å². The molecular weight excluding hydrogens is 313 g/mol. The summed E-state index contributed by atoms with van der Waals surface area (Å²) in [5.41, 5.74) is 0.950. The molecule has 1 aromatic heterocycles. The van der Waals surface area contributed by atoms with Crippen molar-refractivity contribution in [1.82, 2.24) is 5.32 Å². The zero-order valence-corrected chi connectivity index (χ0v) is 13.2. The van der Waals surface area contributed by atoms with Crippen LogP contribution in [0.3, 0.4) is 0 Å². The lowest BCUT2D eigenvalue weighted by molar-refractivity contribution is -0.121. The van der Waals surface area contributed by atoms with Crippen LogP contribution in [-0.4, -0.2) is 5.91 Å². The molecule has 1 aromatic carbocycles. The number of carbonyl (C=O) groups is 1. The number of aryl methyl sites for hydroxylation is 1. The van der Waals surface area contributed by atoms with Gasteiger partial charge in [-0.05, 0) is 42.0 Å². The van der Waals surface area contributed by atoms with Gasteiger partial charge in [-0.1, -0.05) is 35.3 Å². The lowest BCUT2D eigenvalue weighted by Gasteiger charge is -2.06.